The van der Waals surface area contributed by atoms with E-state index in [0.29, 0.717) is 5.57 Å². The summed E-state index contributed by atoms with van der Waals surface area (Å²) in [5, 5.41) is 24.8. The molecule has 0 spiro atoms. The van der Waals surface area contributed by atoms with Crippen LogP contribution in [0.2, 0.25) is 0 Å². The molecule has 0 unspecified atom stereocenters. The molecule has 2 amide bonds. The minimum absolute atomic E-state index is 0.129. The van der Waals surface area contributed by atoms with Gasteiger partial charge >= 0.3 is 6.03 Å². The molecule has 0 aromatic rings. The molecule has 12 heavy (non-hydrogen) atoms. The van der Waals surface area contributed by atoms with Crippen LogP contribution in [0.15, 0.2) is 11.6 Å². The normalized spacial score (nSPS) is 7.92. The fourth-order valence-electron chi connectivity index (χ4n) is 0.308. The van der Waals surface area contributed by atoms with Crippen LogP contribution in [0.25, 0.3) is 0 Å². The molecule has 0 aromatic carbocycles. The van der Waals surface area contributed by atoms with Crippen LogP contribution in [0.1, 0.15) is 0 Å². The number of carbonyl (C=O) groups excluding carboxylic acids is 1. The lowest BCUT2D eigenvalue weighted by Gasteiger charge is -1.94. The summed E-state index contributed by atoms with van der Waals surface area (Å²) in [6.45, 7) is -0.495. The van der Waals surface area contributed by atoms with Crippen molar-refractivity contribution in [2.45, 2.75) is 0 Å². The van der Waals surface area contributed by atoms with E-state index in [9.17, 15) is 0 Å². The predicted molar refractivity (Wildman–Crippen MR) is 43.1 cm³/mol. The third-order valence-electron chi connectivity index (χ3n) is 0.786. The largest absolute Gasteiger partial charge is 0.392 e. The lowest BCUT2D eigenvalue weighted by atomic mass is 10.3. The second-order valence-corrected chi connectivity index (χ2v) is 1.76. The van der Waals surface area contributed by atoms with Gasteiger partial charge in [0.2, 0.25) is 0 Å². The molecular formula is C6H14N2O4. The molecule has 0 bridgehead atoms. The van der Waals surface area contributed by atoms with Gasteiger partial charge in [0.25, 0.3) is 0 Å². The van der Waals surface area contributed by atoms with Crippen LogP contribution in [-0.2, 0) is 0 Å². The van der Waals surface area contributed by atoms with Gasteiger partial charge in [-0.05, 0) is 5.57 Å². The zero-order valence-corrected chi connectivity index (χ0v) is 6.60. The topological polar surface area (TPSA) is 130 Å². The van der Waals surface area contributed by atoms with Gasteiger partial charge < -0.3 is 26.8 Å². The van der Waals surface area contributed by atoms with Crippen molar-refractivity contribution < 1.29 is 20.1 Å². The van der Waals surface area contributed by atoms with Gasteiger partial charge in [-0.3, -0.25) is 0 Å². The maximum absolute atomic E-state index is 9.00. The number of hydrogen-bond acceptors (Lipinski definition) is 4. The third kappa shape index (κ3) is 16.0. The lowest BCUT2D eigenvalue weighted by Crippen LogP contribution is -2.18. The van der Waals surface area contributed by atoms with Crippen LogP contribution in [0.4, 0.5) is 4.79 Å². The molecule has 6 nitrogen and oxygen atoms in total. The molecule has 0 heterocycles. The number of urea groups is 1. The van der Waals surface area contributed by atoms with Crippen molar-refractivity contribution >= 4 is 6.03 Å². The SMILES string of the molecule is NC(N)=O.OCC=C(CO)CO. The van der Waals surface area contributed by atoms with Crippen molar-refractivity contribution in [3.63, 3.8) is 0 Å². The number of hydrogen-bond donors (Lipinski definition) is 5. The highest BCUT2D eigenvalue weighted by molar-refractivity contribution is 5.69. The molecular weight excluding hydrogens is 164 g/mol. The van der Waals surface area contributed by atoms with Crippen LogP contribution in [0.5, 0.6) is 0 Å². The van der Waals surface area contributed by atoms with E-state index in [1.807, 2.05) is 0 Å². The Bertz CT molecular complexity index is 136. The van der Waals surface area contributed by atoms with E-state index in [1.165, 1.54) is 6.08 Å². The van der Waals surface area contributed by atoms with Gasteiger partial charge in [-0.1, -0.05) is 6.08 Å². The van der Waals surface area contributed by atoms with Crippen LogP contribution in [0.3, 0.4) is 0 Å². The molecule has 0 aromatic heterocycles. The molecule has 72 valence electrons. The summed E-state index contributed by atoms with van der Waals surface area (Å²) in [5.74, 6) is 0. The summed E-state index contributed by atoms with van der Waals surface area (Å²) >= 11 is 0. The zero-order chi connectivity index (χ0) is 9.98. The number of rotatable bonds is 3. The second-order valence-electron chi connectivity index (χ2n) is 1.76. The van der Waals surface area contributed by atoms with E-state index in [-0.39, 0.29) is 19.8 Å². The molecule has 0 aliphatic heterocycles. The first-order valence-corrected chi connectivity index (χ1v) is 3.13. The first-order chi connectivity index (χ1) is 5.58. The summed E-state index contributed by atoms with van der Waals surface area (Å²) in [5.41, 5.74) is 8.95. The number of primary amides is 2. The van der Waals surface area contributed by atoms with Crippen molar-refractivity contribution in [2.24, 2.45) is 11.5 Å². The van der Waals surface area contributed by atoms with E-state index in [4.69, 9.17) is 20.1 Å². The maximum Gasteiger partial charge on any atom is 0.309 e. The van der Waals surface area contributed by atoms with Crippen LogP contribution in [-0.4, -0.2) is 41.2 Å². The number of aliphatic hydroxyl groups is 3. The summed E-state index contributed by atoms with van der Waals surface area (Å²) in [6.07, 6.45) is 1.38. The van der Waals surface area contributed by atoms with Crippen molar-refractivity contribution in [2.75, 3.05) is 19.8 Å². The van der Waals surface area contributed by atoms with E-state index in [0.717, 1.165) is 0 Å². The number of amides is 2. The van der Waals surface area contributed by atoms with Gasteiger partial charge in [-0.2, -0.15) is 0 Å². The van der Waals surface area contributed by atoms with Gasteiger partial charge in [0, 0.05) is 0 Å². The number of aliphatic hydroxyl groups excluding tert-OH is 3. The highest BCUT2D eigenvalue weighted by atomic mass is 16.3. The fraction of sp³-hybridized carbons (Fsp3) is 0.500. The Kier molecular flexibility index (Phi) is 11.1. The Hall–Kier alpha value is -1.11. The Morgan fingerprint density at radius 2 is 1.50 bits per heavy atom. The molecule has 0 aliphatic rings. The summed E-state index contributed by atoms with van der Waals surface area (Å²) in [7, 11) is 0. The van der Waals surface area contributed by atoms with Gasteiger partial charge in [0.05, 0.1) is 19.8 Å². The Morgan fingerprint density at radius 1 is 1.17 bits per heavy atom. The van der Waals surface area contributed by atoms with E-state index < -0.39 is 6.03 Å². The van der Waals surface area contributed by atoms with Gasteiger partial charge in [0.1, 0.15) is 0 Å². The zero-order valence-electron chi connectivity index (χ0n) is 6.60. The predicted octanol–water partition coefficient (Wildman–Crippen LogP) is -2.09. The highest BCUT2D eigenvalue weighted by Gasteiger charge is 1.87. The van der Waals surface area contributed by atoms with Crippen LogP contribution in [0, 0.1) is 0 Å². The van der Waals surface area contributed by atoms with Gasteiger partial charge in [-0.25, -0.2) is 4.79 Å². The molecule has 0 atom stereocenters. The van der Waals surface area contributed by atoms with Gasteiger partial charge in [-0.15, -0.1) is 0 Å². The molecule has 0 radical (unpaired) electrons. The Labute approximate surface area is 70.1 Å². The van der Waals surface area contributed by atoms with Crippen molar-refractivity contribution in [3.8, 4) is 0 Å². The first-order valence-electron chi connectivity index (χ1n) is 3.13. The quantitative estimate of drug-likeness (QED) is 0.317. The number of nitrogens with two attached hydrogens (primary N) is 2. The number of carbonyl (C=O) groups is 1. The molecule has 0 saturated heterocycles. The fourth-order valence-corrected chi connectivity index (χ4v) is 0.308. The maximum atomic E-state index is 9.00. The van der Waals surface area contributed by atoms with Crippen LogP contribution < -0.4 is 11.5 Å². The average molecular weight is 178 g/mol. The molecule has 0 saturated carbocycles. The van der Waals surface area contributed by atoms with Gasteiger partial charge in [0.15, 0.2) is 0 Å². The molecule has 7 N–H and O–H groups in total. The second kappa shape index (κ2) is 9.89. The molecule has 0 aliphatic carbocycles. The van der Waals surface area contributed by atoms with Crippen molar-refractivity contribution in [1.82, 2.24) is 0 Å². The summed E-state index contributed by atoms with van der Waals surface area (Å²) in [6, 6.07) is -0.833. The average Bonchev–Trinajstić information content (AvgIpc) is 1.99. The standard InChI is InChI=1S/C5H10O3.CH4N2O/c6-2-1-5(3-7)4-8;2-1(3)4/h1,6-8H,2-4H2;(H4,2,3,4). The molecule has 0 rings (SSSR count). The Morgan fingerprint density at radius 3 is 1.58 bits per heavy atom. The first kappa shape index (κ1) is 13.5. The third-order valence-corrected chi connectivity index (χ3v) is 0.786. The van der Waals surface area contributed by atoms with E-state index >= 15 is 0 Å². The lowest BCUT2D eigenvalue weighted by molar-refractivity contribution is 0.256. The molecule has 0 fully saturated rings. The Balaban J connectivity index is 0. The van der Waals surface area contributed by atoms with Crippen molar-refractivity contribution in [1.29, 1.82) is 0 Å². The smallest absolute Gasteiger partial charge is 0.309 e. The highest BCUT2D eigenvalue weighted by Crippen LogP contribution is 1.87. The van der Waals surface area contributed by atoms with E-state index in [1.54, 1.807) is 0 Å². The van der Waals surface area contributed by atoms with E-state index in [2.05, 4.69) is 11.5 Å². The van der Waals surface area contributed by atoms with Crippen molar-refractivity contribution in [3.05, 3.63) is 11.6 Å². The summed E-state index contributed by atoms with van der Waals surface area (Å²) < 4.78 is 0. The van der Waals surface area contributed by atoms with Crippen LogP contribution >= 0.6 is 0 Å². The monoisotopic (exact) mass is 178 g/mol. The summed E-state index contributed by atoms with van der Waals surface area (Å²) in [4.78, 5) is 9.00. The molecule has 6 heteroatoms. The minimum Gasteiger partial charge on any atom is -0.392 e. The minimum atomic E-state index is -0.833.